The number of benzene rings is 3. The summed E-state index contributed by atoms with van der Waals surface area (Å²) in [5, 5.41) is 2.70. The van der Waals surface area contributed by atoms with Gasteiger partial charge in [0.05, 0.1) is 37.8 Å². The maximum atomic E-state index is 13.5. The van der Waals surface area contributed by atoms with Crippen molar-refractivity contribution in [2.45, 2.75) is 38.5 Å². The highest BCUT2D eigenvalue weighted by Crippen LogP contribution is 2.31. The molecule has 1 unspecified atom stereocenters. The molecule has 10 heteroatoms. The highest BCUT2D eigenvalue weighted by atomic mass is 32.2. The molecule has 2 amide bonds. The molecule has 1 N–H and O–H groups in total. The summed E-state index contributed by atoms with van der Waals surface area (Å²) < 4.78 is 30.0. The van der Waals surface area contributed by atoms with E-state index in [0.29, 0.717) is 54.3 Å². The first-order chi connectivity index (χ1) is 19.9. The molecule has 4 rings (SSSR count). The first-order valence-electron chi connectivity index (χ1n) is 13.5. The van der Waals surface area contributed by atoms with E-state index in [1.54, 1.807) is 12.0 Å². The van der Waals surface area contributed by atoms with E-state index >= 15 is 0 Å². The van der Waals surface area contributed by atoms with Gasteiger partial charge < -0.3 is 19.5 Å². The highest BCUT2D eigenvalue weighted by molar-refractivity contribution is 8.15. The van der Waals surface area contributed by atoms with Crippen LogP contribution in [0.5, 0.6) is 17.2 Å². The van der Waals surface area contributed by atoms with Crippen LogP contribution >= 0.6 is 11.8 Å². The van der Waals surface area contributed by atoms with Gasteiger partial charge in [-0.05, 0) is 79.9 Å². The lowest BCUT2D eigenvalue weighted by atomic mass is 10.1. The van der Waals surface area contributed by atoms with Gasteiger partial charge in [-0.1, -0.05) is 30.0 Å². The van der Waals surface area contributed by atoms with Crippen molar-refractivity contribution in [3.05, 3.63) is 83.7 Å². The van der Waals surface area contributed by atoms with Gasteiger partial charge in [0, 0.05) is 13.0 Å². The maximum absolute atomic E-state index is 13.5. The number of hydrogen-bond acceptors (Lipinski definition) is 7. The summed E-state index contributed by atoms with van der Waals surface area (Å²) in [7, 11) is 1.59. The topological polar surface area (TPSA) is 89.5 Å². The van der Waals surface area contributed by atoms with Gasteiger partial charge in [-0.15, -0.1) is 0 Å². The minimum Gasteiger partial charge on any atom is -0.497 e. The molecule has 1 fully saturated rings. The van der Waals surface area contributed by atoms with Crippen LogP contribution in [0.3, 0.4) is 0 Å². The molecule has 1 aliphatic heterocycles. The second-order valence-electron chi connectivity index (χ2n) is 9.20. The van der Waals surface area contributed by atoms with Gasteiger partial charge in [-0.2, -0.15) is 0 Å². The zero-order valence-electron chi connectivity index (χ0n) is 23.4. The summed E-state index contributed by atoms with van der Waals surface area (Å²) in [5.74, 6) is 1.24. The second kappa shape index (κ2) is 14.5. The van der Waals surface area contributed by atoms with Crippen LogP contribution in [0, 0.1) is 5.82 Å². The van der Waals surface area contributed by atoms with Gasteiger partial charge >= 0.3 is 0 Å². The molecule has 0 radical (unpaired) electrons. The van der Waals surface area contributed by atoms with E-state index in [0.717, 1.165) is 11.1 Å². The number of aliphatic imine (C=N–C) groups is 1. The van der Waals surface area contributed by atoms with Crippen LogP contribution < -0.4 is 19.5 Å². The van der Waals surface area contributed by atoms with Crippen molar-refractivity contribution in [1.82, 2.24) is 10.2 Å². The molecule has 1 atom stereocenters. The molecule has 0 bridgehead atoms. The van der Waals surface area contributed by atoms with E-state index in [-0.39, 0.29) is 30.6 Å². The molecule has 0 spiro atoms. The SMILES string of the molecule is CCOc1ccc(CCNC(=O)C2CC(=O)N(Cc3ccc(OC)cc3)C(=Nc3ccc(F)cc3)S2)cc1OCC. The lowest BCUT2D eigenvalue weighted by Crippen LogP contribution is -2.46. The third-order valence-electron chi connectivity index (χ3n) is 6.30. The summed E-state index contributed by atoms with van der Waals surface area (Å²) in [4.78, 5) is 32.7. The van der Waals surface area contributed by atoms with Crippen molar-refractivity contribution in [2.75, 3.05) is 26.9 Å². The molecule has 0 aliphatic carbocycles. The number of halogens is 1. The molecule has 1 saturated heterocycles. The molecule has 0 saturated carbocycles. The molecule has 8 nitrogen and oxygen atoms in total. The van der Waals surface area contributed by atoms with Gasteiger partial charge in [-0.3, -0.25) is 14.5 Å². The average molecular weight is 580 g/mol. The summed E-state index contributed by atoms with van der Waals surface area (Å²) in [6.07, 6.45) is 0.621. The zero-order valence-corrected chi connectivity index (χ0v) is 24.2. The molecule has 1 heterocycles. The Balaban J connectivity index is 1.45. The Morgan fingerprint density at radius 2 is 1.68 bits per heavy atom. The van der Waals surface area contributed by atoms with Crippen LogP contribution in [-0.2, 0) is 22.6 Å². The monoisotopic (exact) mass is 579 g/mol. The standard InChI is InChI=1S/C31H34FN3O5S/c1-4-39-26-15-8-21(18-27(26)40-5-2)16-17-33-30(37)28-19-29(36)35(20-22-6-13-25(38-3)14-7-22)31(41-28)34-24-11-9-23(32)10-12-24/h6-15,18,28H,4-5,16-17,19-20H2,1-3H3,(H,33,37). The number of carbonyl (C=O) groups excluding carboxylic acids is 2. The van der Waals surface area contributed by atoms with E-state index in [4.69, 9.17) is 14.2 Å². The van der Waals surface area contributed by atoms with Crippen molar-refractivity contribution in [3.63, 3.8) is 0 Å². The van der Waals surface area contributed by atoms with Crippen molar-refractivity contribution in [1.29, 1.82) is 0 Å². The van der Waals surface area contributed by atoms with Crippen molar-refractivity contribution < 1.29 is 28.2 Å². The molecule has 3 aromatic carbocycles. The number of rotatable bonds is 12. The Kier molecular flexibility index (Phi) is 10.6. The smallest absolute Gasteiger partial charge is 0.234 e. The minimum atomic E-state index is -0.645. The van der Waals surface area contributed by atoms with Crippen LogP contribution in [0.25, 0.3) is 0 Å². The van der Waals surface area contributed by atoms with Crippen LogP contribution in [0.2, 0.25) is 0 Å². The number of nitrogens with zero attached hydrogens (tertiary/aromatic N) is 2. The number of amidine groups is 1. The van der Waals surface area contributed by atoms with E-state index in [1.807, 2.05) is 56.3 Å². The lowest BCUT2D eigenvalue weighted by Gasteiger charge is -2.32. The molecule has 0 aromatic heterocycles. The zero-order chi connectivity index (χ0) is 29.2. The molecule has 3 aromatic rings. The molecule has 1 aliphatic rings. The first-order valence-corrected chi connectivity index (χ1v) is 14.4. The second-order valence-corrected chi connectivity index (χ2v) is 10.4. The fourth-order valence-corrected chi connectivity index (χ4v) is 5.35. The number of ether oxygens (including phenoxy) is 3. The molecular formula is C31H34FN3O5S. The molecular weight excluding hydrogens is 545 g/mol. The van der Waals surface area contributed by atoms with Crippen molar-refractivity contribution in [2.24, 2.45) is 4.99 Å². The Labute approximate surface area is 243 Å². The van der Waals surface area contributed by atoms with E-state index in [9.17, 15) is 14.0 Å². The predicted molar refractivity (Wildman–Crippen MR) is 159 cm³/mol. The number of amides is 2. The molecule has 41 heavy (non-hydrogen) atoms. The third-order valence-corrected chi connectivity index (χ3v) is 7.49. The van der Waals surface area contributed by atoms with Crippen LogP contribution in [0.4, 0.5) is 10.1 Å². The summed E-state index contributed by atoms with van der Waals surface area (Å²) in [6.45, 7) is 5.56. The quantitative estimate of drug-likeness (QED) is 0.304. The Morgan fingerprint density at radius 3 is 2.37 bits per heavy atom. The lowest BCUT2D eigenvalue weighted by molar-refractivity contribution is -0.130. The Morgan fingerprint density at radius 1 is 1.00 bits per heavy atom. The van der Waals surface area contributed by atoms with Gasteiger partial charge in [0.15, 0.2) is 16.7 Å². The van der Waals surface area contributed by atoms with Crippen LogP contribution in [0.15, 0.2) is 71.7 Å². The van der Waals surface area contributed by atoms with Gasteiger partial charge in [-0.25, -0.2) is 9.38 Å². The van der Waals surface area contributed by atoms with Crippen LogP contribution in [-0.4, -0.2) is 54.0 Å². The van der Waals surface area contributed by atoms with Gasteiger partial charge in [0.2, 0.25) is 11.8 Å². The van der Waals surface area contributed by atoms with E-state index < -0.39 is 5.25 Å². The summed E-state index contributed by atoms with van der Waals surface area (Å²) >= 11 is 1.23. The number of methoxy groups -OCH3 is 1. The normalized spacial score (nSPS) is 16.0. The van der Waals surface area contributed by atoms with E-state index in [1.165, 1.54) is 36.0 Å². The number of carbonyl (C=O) groups is 2. The predicted octanol–water partition coefficient (Wildman–Crippen LogP) is 5.51. The Hall–Kier alpha value is -4.05. The highest BCUT2D eigenvalue weighted by Gasteiger charge is 2.36. The Bertz CT molecular complexity index is 1370. The van der Waals surface area contributed by atoms with Crippen molar-refractivity contribution in [3.8, 4) is 17.2 Å². The summed E-state index contributed by atoms with van der Waals surface area (Å²) in [6, 6.07) is 18.8. The van der Waals surface area contributed by atoms with Gasteiger partial charge in [0.1, 0.15) is 11.6 Å². The number of hydrogen-bond donors (Lipinski definition) is 1. The van der Waals surface area contributed by atoms with Crippen LogP contribution in [0.1, 0.15) is 31.4 Å². The minimum absolute atomic E-state index is 0.0344. The average Bonchev–Trinajstić information content (AvgIpc) is 2.97. The van der Waals surface area contributed by atoms with Gasteiger partial charge in [0.25, 0.3) is 0 Å². The molecule has 216 valence electrons. The third kappa shape index (κ3) is 8.23. The maximum Gasteiger partial charge on any atom is 0.234 e. The fourth-order valence-electron chi connectivity index (χ4n) is 4.23. The number of thioether (sulfide) groups is 1. The fraction of sp³-hybridized carbons (Fsp3) is 0.323. The number of nitrogens with one attached hydrogen (secondary N) is 1. The first kappa shape index (κ1) is 29.9. The van der Waals surface area contributed by atoms with E-state index in [2.05, 4.69) is 10.3 Å². The van der Waals surface area contributed by atoms with Crippen molar-refractivity contribution >= 4 is 34.4 Å². The summed E-state index contributed by atoms with van der Waals surface area (Å²) in [5.41, 5.74) is 2.37. The largest absolute Gasteiger partial charge is 0.497 e.